The quantitative estimate of drug-likeness (QED) is 0.759. The summed E-state index contributed by atoms with van der Waals surface area (Å²) in [7, 11) is 0. The molecule has 0 atom stereocenters. The second-order valence-electron chi connectivity index (χ2n) is 6.73. The summed E-state index contributed by atoms with van der Waals surface area (Å²) in [6, 6.07) is 10.3. The monoisotopic (exact) mass is 449 g/mol. The zero-order chi connectivity index (χ0) is 20.5. The minimum atomic E-state index is -0.196. The highest BCUT2D eigenvalue weighted by Crippen LogP contribution is 2.32. The number of hydrogen-bond donors (Lipinski definition) is 1. The topological polar surface area (TPSA) is 69.7 Å². The summed E-state index contributed by atoms with van der Waals surface area (Å²) in [5, 5.41) is 3.38. The molecule has 2 aromatic carbocycles. The molecule has 1 N–H and O–H groups in total. The van der Waals surface area contributed by atoms with Crippen LogP contribution in [0.2, 0.25) is 10.0 Å². The summed E-state index contributed by atoms with van der Waals surface area (Å²) in [4.78, 5) is 41.5. The molecule has 0 bridgehead atoms. The highest BCUT2D eigenvalue weighted by molar-refractivity contribution is 8.00. The largest absolute Gasteiger partial charge is 0.335 e. The van der Waals surface area contributed by atoms with Crippen molar-refractivity contribution >= 4 is 58.4 Å². The van der Waals surface area contributed by atoms with Gasteiger partial charge in [-0.25, -0.2) is 0 Å². The number of rotatable bonds is 2. The van der Waals surface area contributed by atoms with Crippen LogP contribution >= 0.6 is 35.0 Å². The van der Waals surface area contributed by atoms with E-state index >= 15 is 0 Å². The molecular formula is C20H17Cl2N3O3S. The SMILES string of the molecule is O=C1CSc2ccc(C(=O)N3CCN(C(=O)c4cccc(Cl)c4Cl)CC3)cc2N1. The second-order valence-corrected chi connectivity index (χ2v) is 8.54. The minimum Gasteiger partial charge on any atom is -0.335 e. The van der Waals surface area contributed by atoms with Gasteiger partial charge in [-0.2, -0.15) is 0 Å². The number of nitrogens with one attached hydrogen (secondary N) is 1. The number of anilines is 1. The molecule has 0 saturated carbocycles. The second kappa shape index (κ2) is 8.26. The van der Waals surface area contributed by atoms with Gasteiger partial charge in [0, 0.05) is 36.6 Å². The van der Waals surface area contributed by atoms with E-state index in [0.717, 1.165) is 4.90 Å². The maximum Gasteiger partial charge on any atom is 0.255 e. The number of fused-ring (bicyclic) bond motifs is 1. The highest BCUT2D eigenvalue weighted by atomic mass is 35.5. The molecule has 4 rings (SSSR count). The number of piperazine rings is 1. The first-order valence-corrected chi connectivity index (χ1v) is 10.8. The highest BCUT2D eigenvalue weighted by Gasteiger charge is 2.27. The third-order valence-electron chi connectivity index (χ3n) is 4.90. The maximum atomic E-state index is 12.9. The number of carbonyl (C=O) groups is 3. The zero-order valence-electron chi connectivity index (χ0n) is 15.3. The van der Waals surface area contributed by atoms with E-state index < -0.39 is 0 Å². The lowest BCUT2D eigenvalue weighted by atomic mass is 10.1. The first kappa shape index (κ1) is 20.1. The van der Waals surface area contributed by atoms with E-state index in [1.165, 1.54) is 11.8 Å². The Kier molecular flexibility index (Phi) is 5.72. The van der Waals surface area contributed by atoms with Gasteiger partial charge in [0.25, 0.3) is 11.8 Å². The third-order valence-corrected chi connectivity index (χ3v) is 6.79. The van der Waals surface area contributed by atoms with Crippen LogP contribution in [0, 0.1) is 0 Å². The Morgan fingerprint density at radius 3 is 2.38 bits per heavy atom. The predicted octanol–water partition coefficient (Wildman–Crippen LogP) is 3.64. The lowest BCUT2D eigenvalue weighted by Crippen LogP contribution is -2.50. The van der Waals surface area contributed by atoms with Crippen molar-refractivity contribution in [3.05, 3.63) is 57.6 Å². The number of benzene rings is 2. The fraction of sp³-hybridized carbons (Fsp3) is 0.250. The van der Waals surface area contributed by atoms with Gasteiger partial charge in [-0.05, 0) is 30.3 Å². The van der Waals surface area contributed by atoms with Crippen molar-refractivity contribution in [3.8, 4) is 0 Å². The molecular weight excluding hydrogens is 433 g/mol. The molecule has 1 fully saturated rings. The predicted molar refractivity (Wildman–Crippen MR) is 114 cm³/mol. The van der Waals surface area contributed by atoms with Gasteiger partial charge in [0.15, 0.2) is 0 Å². The normalized spacial score (nSPS) is 16.3. The number of nitrogens with zero attached hydrogens (tertiary/aromatic N) is 2. The Morgan fingerprint density at radius 1 is 0.966 bits per heavy atom. The summed E-state index contributed by atoms with van der Waals surface area (Å²) < 4.78 is 0. The van der Waals surface area contributed by atoms with Gasteiger partial charge >= 0.3 is 0 Å². The van der Waals surface area contributed by atoms with Crippen molar-refractivity contribution in [1.82, 2.24) is 9.80 Å². The summed E-state index contributed by atoms with van der Waals surface area (Å²) in [6.07, 6.45) is 0. The van der Waals surface area contributed by atoms with Crippen molar-refractivity contribution in [1.29, 1.82) is 0 Å². The van der Waals surface area contributed by atoms with Crippen molar-refractivity contribution < 1.29 is 14.4 Å². The first-order chi connectivity index (χ1) is 13.9. The van der Waals surface area contributed by atoms with Gasteiger partial charge in [-0.1, -0.05) is 29.3 Å². The van der Waals surface area contributed by atoms with Gasteiger partial charge in [0.05, 0.1) is 27.0 Å². The zero-order valence-corrected chi connectivity index (χ0v) is 17.6. The molecule has 29 heavy (non-hydrogen) atoms. The Bertz CT molecular complexity index is 1010. The van der Waals surface area contributed by atoms with E-state index in [9.17, 15) is 14.4 Å². The average molecular weight is 450 g/mol. The van der Waals surface area contributed by atoms with Crippen LogP contribution in [0.25, 0.3) is 0 Å². The summed E-state index contributed by atoms with van der Waals surface area (Å²) in [5.41, 5.74) is 1.55. The first-order valence-electron chi connectivity index (χ1n) is 9.03. The molecule has 6 nitrogen and oxygen atoms in total. The van der Waals surface area contributed by atoms with Crippen molar-refractivity contribution in [2.45, 2.75) is 4.90 Å². The van der Waals surface area contributed by atoms with E-state index in [1.807, 2.05) is 6.07 Å². The van der Waals surface area contributed by atoms with Crippen LogP contribution in [0.4, 0.5) is 5.69 Å². The lowest BCUT2D eigenvalue weighted by molar-refractivity contribution is -0.113. The van der Waals surface area contributed by atoms with Crippen LogP contribution in [0.3, 0.4) is 0 Å². The Labute approximate surface area is 182 Å². The van der Waals surface area contributed by atoms with Crippen LogP contribution in [0.5, 0.6) is 0 Å². The van der Waals surface area contributed by atoms with E-state index in [0.29, 0.717) is 53.8 Å². The number of carbonyl (C=O) groups excluding carboxylic acids is 3. The van der Waals surface area contributed by atoms with Gasteiger partial charge < -0.3 is 15.1 Å². The van der Waals surface area contributed by atoms with Gasteiger partial charge in [0.1, 0.15) is 0 Å². The van der Waals surface area contributed by atoms with E-state index in [4.69, 9.17) is 23.2 Å². The van der Waals surface area contributed by atoms with Gasteiger partial charge in [-0.3, -0.25) is 14.4 Å². The van der Waals surface area contributed by atoms with Crippen LogP contribution < -0.4 is 5.32 Å². The smallest absolute Gasteiger partial charge is 0.255 e. The van der Waals surface area contributed by atoms with Gasteiger partial charge in [-0.15, -0.1) is 11.8 Å². The van der Waals surface area contributed by atoms with Crippen LogP contribution in [0.15, 0.2) is 41.3 Å². The van der Waals surface area contributed by atoms with Crippen molar-refractivity contribution in [2.24, 2.45) is 0 Å². The summed E-state index contributed by atoms with van der Waals surface area (Å²) in [5.74, 6) is -0.00468. The number of thioether (sulfide) groups is 1. The molecule has 2 aliphatic heterocycles. The van der Waals surface area contributed by atoms with Crippen molar-refractivity contribution in [2.75, 3.05) is 37.2 Å². The van der Waals surface area contributed by atoms with Crippen LogP contribution in [0.1, 0.15) is 20.7 Å². The molecule has 9 heteroatoms. The van der Waals surface area contributed by atoms with E-state index in [2.05, 4.69) is 5.32 Å². The maximum absolute atomic E-state index is 12.9. The number of hydrogen-bond acceptors (Lipinski definition) is 4. The average Bonchev–Trinajstić information content (AvgIpc) is 2.74. The Morgan fingerprint density at radius 2 is 1.66 bits per heavy atom. The van der Waals surface area contributed by atoms with Gasteiger partial charge in [0.2, 0.25) is 5.91 Å². The molecule has 0 unspecified atom stereocenters. The fourth-order valence-corrected chi connectivity index (χ4v) is 4.52. The molecule has 0 aliphatic carbocycles. The summed E-state index contributed by atoms with van der Waals surface area (Å²) in [6.45, 7) is 1.65. The molecule has 2 heterocycles. The third kappa shape index (κ3) is 4.08. The van der Waals surface area contributed by atoms with Crippen molar-refractivity contribution in [3.63, 3.8) is 0 Å². The molecule has 1 saturated heterocycles. The summed E-state index contributed by atoms with van der Waals surface area (Å²) >= 11 is 13.6. The molecule has 150 valence electrons. The fourth-order valence-electron chi connectivity index (χ4n) is 3.35. The molecule has 3 amide bonds. The number of amides is 3. The molecule has 2 aromatic rings. The standard InChI is InChI=1S/C20H17Cl2N3O3S/c21-14-3-1-2-13(18(14)22)20(28)25-8-6-24(7-9-25)19(27)12-4-5-16-15(10-12)23-17(26)11-29-16/h1-5,10H,6-9,11H2,(H,23,26). The number of halogens is 2. The molecule has 0 spiro atoms. The Hall–Kier alpha value is -2.22. The van der Waals surface area contributed by atoms with E-state index in [-0.39, 0.29) is 22.7 Å². The lowest BCUT2D eigenvalue weighted by Gasteiger charge is -2.35. The minimum absolute atomic E-state index is 0.0705. The van der Waals surface area contributed by atoms with Crippen LogP contribution in [-0.4, -0.2) is 59.5 Å². The van der Waals surface area contributed by atoms with Crippen LogP contribution in [-0.2, 0) is 4.79 Å². The molecule has 0 aromatic heterocycles. The molecule has 0 radical (unpaired) electrons. The Balaban J connectivity index is 1.42. The van der Waals surface area contributed by atoms with E-state index in [1.54, 1.807) is 40.1 Å². The molecule has 2 aliphatic rings.